The van der Waals surface area contributed by atoms with Crippen molar-refractivity contribution in [3.8, 4) is 17.3 Å². The summed E-state index contributed by atoms with van der Waals surface area (Å²) in [6, 6.07) is 8.95. The fourth-order valence-electron chi connectivity index (χ4n) is 3.10. The zero-order valence-electron chi connectivity index (χ0n) is 14.3. The Morgan fingerprint density at radius 2 is 2.27 bits per heavy atom. The maximum Gasteiger partial charge on any atom is 0.234 e. The van der Waals surface area contributed by atoms with E-state index in [4.69, 9.17) is 15.2 Å². The second-order valence-electron chi connectivity index (χ2n) is 6.15. The van der Waals surface area contributed by atoms with Crippen molar-refractivity contribution in [2.24, 2.45) is 5.73 Å². The van der Waals surface area contributed by atoms with E-state index in [9.17, 15) is 4.79 Å². The summed E-state index contributed by atoms with van der Waals surface area (Å²) in [4.78, 5) is 16.0. The van der Waals surface area contributed by atoms with E-state index in [1.54, 1.807) is 18.0 Å². The summed E-state index contributed by atoms with van der Waals surface area (Å²) in [5.74, 6) is 1.67. The van der Waals surface area contributed by atoms with Gasteiger partial charge in [0.25, 0.3) is 0 Å². The first-order chi connectivity index (χ1) is 12.6. The van der Waals surface area contributed by atoms with E-state index >= 15 is 0 Å². The van der Waals surface area contributed by atoms with E-state index in [1.165, 1.54) is 0 Å². The minimum absolute atomic E-state index is 0.148. The van der Waals surface area contributed by atoms with Gasteiger partial charge in [0.1, 0.15) is 17.6 Å². The molecule has 3 N–H and O–H groups in total. The second-order valence-corrected chi connectivity index (χ2v) is 6.15. The Labute approximate surface area is 149 Å². The monoisotopic (exact) mass is 353 g/mol. The van der Waals surface area contributed by atoms with Crippen LogP contribution < -0.4 is 20.5 Å². The number of rotatable bonds is 5. The quantitative estimate of drug-likeness (QED) is 0.710. The molecule has 1 aliphatic rings. The Morgan fingerprint density at radius 1 is 1.38 bits per heavy atom. The van der Waals surface area contributed by atoms with Crippen LogP contribution in [0.1, 0.15) is 6.42 Å². The number of fused-ring (bicyclic) bond motifs is 1. The molecule has 1 fully saturated rings. The van der Waals surface area contributed by atoms with Crippen molar-refractivity contribution in [2.75, 3.05) is 13.7 Å². The van der Waals surface area contributed by atoms with Crippen LogP contribution in [0.25, 0.3) is 16.7 Å². The molecule has 1 aromatic carbocycles. The number of nitrogens with two attached hydrogens (primary N) is 1. The van der Waals surface area contributed by atoms with Crippen molar-refractivity contribution in [3.63, 3.8) is 0 Å². The Bertz CT molecular complexity index is 941. The van der Waals surface area contributed by atoms with E-state index < -0.39 is 0 Å². The van der Waals surface area contributed by atoms with Gasteiger partial charge in [0.05, 0.1) is 18.7 Å². The molecule has 0 bridgehead atoms. The van der Waals surface area contributed by atoms with Gasteiger partial charge in [-0.25, -0.2) is 9.67 Å². The van der Waals surface area contributed by atoms with Crippen molar-refractivity contribution in [2.45, 2.75) is 18.6 Å². The number of amides is 1. The Morgan fingerprint density at radius 3 is 2.96 bits per heavy atom. The summed E-state index contributed by atoms with van der Waals surface area (Å²) in [5, 5.41) is 8.19. The molecule has 26 heavy (non-hydrogen) atoms. The fraction of sp³-hybridized carbons (Fsp3) is 0.278. The maximum atomic E-state index is 11.4. The van der Waals surface area contributed by atoms with Gasteiger partial charge in [0, 0.05) is 42.9 Å². The van der Waals surface area contributed by atoms with Crippen molar-refractivity contribution in [3.05, 3.63) is 42.7 Å². The number of nitrogens with one attached hydrogen (secondary N) is 1. The topological polar surface area (TPSA) is 104 Å². The molecule has 8 heteroatoms. The van der Waals surface area contributed by atoms with Crippen LogP contribution in [0.3, 0.4) is 0 Å². The molecular formula is C18H19N5O3. The van der Waals surface area contributed by atoms with Crippen LogP contribution >= 0.6 is 0 Å². The smallest absolute Gasteiger partial charge is 0.234 e. The minimum Gasteiger partial charge on any atom is -0.497 e. The van der Waals surface area contributed by atoms with Crippen LogP contribution in [0.2, 0.25) is 0 Å². The first kappa shape index (κ1) is 16.3. The highest BCUT2D eigenvalue weighted by molar-refractivity contribution is 5.87. The number of ether oxygens (including phenoxy) is 2. The van der Waals surface area contributed by atoms with Gasteiger partial charge in [-0.05, 0) is 18.2 Å². The van der Waals surface area contributed by atoms with E-state index in [1.807, 2.05) is 36.5 Å². The first-order valence-corrected chi connectivity index (χ1v) is 8.32. The van der Waals surface area contributed by atoms with Crippen LogP contribution in [0.15, 0.2) is 42.7 Å². The standard InChI is InChI=1S/C18H19N5O3/c1-25-11-3-4-13-14(7-11)22-17(23-6-2-5-21-23)9-16(13)26-12-8-15(18(19)24)20-10-12/h2-7,9,12,15,20H,8,10H2,1H3,(H2,19,24). The number of primary amides is 1. The molecule has 1 amide bonds. The van der Waals surface area contributed by atoms with Gasteiger partial charge in [-0.2, -0.15) is 5.10 Å². The highest BCUT2D eigenvalue weighted by Crippen LogP contribution is 2.31. The van der Waals surface area contributed by atoms with E-state index in [2.05, 4.69) is 15.4 Å². The molecule has 4 rings (SSSR count). The molecule has 1 saturated heterocycles. The summed E-state index contributed by atoms with van der Waals surface area (Å²) in [7, 11) is 1.62. The van der Waals surface area contributed by atoms with Gasteiger partial charge in [0.15, 0.2) is 5.82 Å². The van der Waals surface area contributed by atoms with Crippen LogP contribution in [0.4, 0.5) is 0 Å². The first-order valence-electron chi connectivity index (χ1n) is 8.32. The number of pyridine rings is 1. The minimum atomic E-state index is -0.363. The molecule has 2 aromatic heterocycles. The van der Waals surface area contributed by atoms with Crippen LogP contribution in [-0.2, 0) is 4.79 Å². The number of carbonyl (C=O) groups is 1. The number of benzene rings is 1. The lowest BCUT2D eigenvalue weighted by Gasteiger charge is -2.16. The van der Waals surface area contributed by atoms with Crippen molar-refractivity contribution < 1.29 is 14.3 Å². The maximum absolute atomic E-state index is 11.4. The molecular weight excluding hydrogens is 334 g/mol. The fourth-order valence-corrected chi connectivity index (χ4v) is 3.10. The molecule has 1 aliphatic heterocycles. The lowest BCUT2D eigenvalue weighted by atomic mass is 10.1. The lowest BCUT2D eigenvalue weighted by Crippen LogP contribution is -2.36. The van der Waals surface area contributed by atoms with E-state index in [0.717, 1.165) is 10.9 Å². The molecule has 0 spiro atoms. The highest BCUT2D eigenvalue weighted by atomic mass is 16.5. The average molecular weight is 353 g/mol. The SMILES string of the molecule is COc1ccc2c(OC3CNC(C(N)=O)C3)cc(-n3cccn3)nc2c1. The normalized spacial score (nSPS) is 19.6. The van der Waals surface area contributed by atoms with Crippen molar-refractivity contribution in [1.29, 1.82) is 0 Å². The van der Waals surface area contributed by atoms with Gasteiger partial charge >= 0.3 is 0 Å². The largest absolute Gasteiger partial charge is 0.497 e. The van der Waals surface area contributed by atoms with Gasteiger partial charge < -0.3 is 20.5 Å². The predicted octanol–water partition coefficient (Wildman–Crippen LogP) is 1.02. The van der Waals surface area contributed by atoms with Crippen LogP contribution in [0.5, 0.6) is 11.5 Å². The summed E-state index contributed by atoms with van der Waals surface area (Å²) in [6.45, 7) is 0.560. The molecule has 8 nitrogen and oxygen atoms in total. The number of hydrogen-bond acceptors (Lipinski definition) is 6. The van der Waals surface area contributed by atoms with Crippen LogP contribution in [-0.4, -0.2) is 46.5 Å². The molecule has 3 aromatic rings. The van der Waals surface area contributed by atoms with Gasteiger partial charge in [-0.15, -0.1) is 0 Å². The van der Waals surface area contributed by atoms with Gasteiger partial charge in [0.2, 0.25) is 5.91 Å². The number of methoxy groups -OCH3 is 1. The van der Waals surface area contributed by atoms with Crippen molar-refractivity contribution in [1.82, 2.24) is 20.1 Å². The highest BCUT2D eigenvalue weighted by Gasteiger charge is 2.29. The summed E-state index contributed by atoms with van der Waals surface area (Å²) >= 11 is 0. The number of aromatic nitrogens is 3. The summed E-state index contributed by atoms with van der Waals surface area (Å²) in [5.41, 5.74) is 6.11. The third kappa shape index (κ3) is 3.06. The molecule has 0 aliphatic carbocycles. The molecule has 2 atom stereocenters. The molecule has 3 heterocycles. The Hall–Kier alpha value is -3.13. The number of hydrogen-bond donors (Lipinski definition) is 2. The Kier molecular flexibility index (Phi) is 4.18. The zero-order chi connectivity index (χ0) is 18.1. The number of nitrogens with zero attached hydrogens (tertiary/aromatic N) is 3. The summed E-state index contributed by atoms with van der Waals surface area (Å²) < 4.78 is 13.2. The Balaban J connectivity index is 1.73. The molecule has 2 unspecified atom stereocenters. The van der Waals surface area contributed by atoms with Gasteiger partial charge in [-0.3, -0.25) is 4.79 Å². The molecule has 0 radical (unpaired) electrons. The second kappa shape index (κ2) is 6.64. The van der Waals surface area contributed by atoms with E-state index in [-0.39, 0.29) is 18.1 Å². The third-order valence-electron chi connectivity index (χ3n) is 4.43. The van der Waals surface area contributed by atoms with Crippen molar-refractivity contribution >= 4 is 16.8 Å². The summed E-state index contributed by atoms with van der Waals surface area (Å²) in [6.07, 6.45) is 3.90. The lowest BCUT2D eigenvalue weighted by molar-refractivity contribution is -0.119. The number of carbonyl (C=O) groups excluding carboxylic acids is 1. The molecule has 134 valence electrons. The predicted molar refractivity (Wildman–Crippen MR) is 95.4 cm³/mol. The third-order valence-corrected chi connectivity index (χ3v) is 4.43. The van der Waals surface area contributed by atoms with Gasteiger partial charge in [-0.1, -0.05) is 0 Å². The zero-order valence-corrected chi connectivity index (χ0v) is 14.3. The average Bonchev–Trinajstić information content (AvgIpc) is 3.33. The van der Waals surface area contributed by atoms with E-state index in [0.29, 0.717) is 30.3 Å². The van der Waals surface area contributed by atoms with Crippen LogP contribution in [0, 0.1) is 0 Å². The molecule has 0 saturated carbocycles.